The number of benzene rings is 1. The highest BCUT2D eigenvalue weighted by molar-refractivity contribution is 8.13. The molecule has 0 fully saturated rings. The number of nitriles is 1. The van der Waals surface area contributed by atoms with Crippen molar-refractivity contribution in [2.24, 2.45) is 5.92 Å². The minimum absolute atomic E-state index is 0.0996. The Bertz CT molecular complexity index is 654. The maximum Gasteiger partial charge on any atom is 0.216 e. The van der Waals surface area contributed by atoms with Crippen LogP contribution in [-0.2, 0) is 10.2 Å². The van der Waals surface area contributed by atoms with E-state index in [4.69, 9.17) is 4.42 Å². The molecule has 0 bridgehead atoms. The maximum absolute atomic E-state index is 11.8. The molecular formula is C16H18N2O2S. The quantitative estimate of drug-likeness (QED) is 0.837. The lowest BCUT2D eigenvalue weighted by Crippen LogP contribution is -2.24. The second-order valence-corrected chi connectivity index (χ2v) is 6.72. The predicted molar refractivity (Wildman–Crippen MR) is 83.9 cm³/mol. The highest BCUT2D eigenvalue weighted by Gasteiger charge is 2.33. The van der Waals surface area contributed by atoms with Crippen LogP contribution in [0.5, 0.6) is 0 Å². The number of hydrogen-bond acceptors (Lipinski definition) is 5. The Morgan fingerprint density at radius 1 is 1.48 bits per heavy atom. The number of thioether (sulfide) groups is 1. The topological polar surface area (TPSA) is 66.9 Å². The van der Waals surface area contributed by atoms with Crippen molar-refractivity contribution < 1.29 is 9.21 Å². The molecule has 0 radical (unpaired) electrons. The number of para-hydroxylation sites is 2. The average Bonchev–Trinajstić information content (AvgIpc) is 2.88. The molecule has 0 aliphatic heterocycles. The molecule has 0 amide bonds. The van der Waals surface area contributed by atoms with Gasteiger partial charge in [0.05, 0.1) is 6.07 Å². The van der Waals surface area contributed by atoms with Crippen molar-refractivity contribution >= 4 is 28.0 Å². The largest absolute Gasteiger partial charge is 0.439 e. The van der Waals surface area contributed by atoms with E-state index in [0.717, 1.165) is 5.52 Å². The number of rotatable bonds is 5. The van der Waals surface area contributed by atoms with Crippen LogP contribution in [0.15, 0.2) is 28.7 Å². The summed E-state index contributed by atoms with van der Waals surface area (Å²) in [6, 6.07) is 9.64. The monoisotopic (exact) mass is 302 g/mol. The van der Waals surface area contributed by atoms with E-state index >= 15 is 0 Å². The van der Waals surface area contributed by atoms with Gasteiger partial charge in [0.1, 0.15) is 10.9 Å². The van der Waals surface area contributed by atoms with Gasteiger partial charge in [-0.05, 0) is 25.0 Å². The van der Waals surface area contributed by atoms with Gasteiger partial charge in [-0.25, -0.2) is 4.98 Å². The standard InChI is InChI=1S/C16H18N2O2S/c1-11(2)8-14(19)21-10-16(3,9-17)15-18-12-6-4-5-7-13(12)20-15/h4-7,11H,8,10H2,1-3H3. The highest BCUT2D eigenvalue weighted by Crippen LogP contribution is 2.30. The molecule has 21 heavy (non-hydrogen) atoms. The summed E-state index contributed by atoms with van der Waals surface area (Å²) < 4.78 is 5.68. The molecule has 2 aromatic rings. The summed E-state index contributed by atoms with van der Waals surface area (Å²) in [5, 5.41) is 9.58. The third kappa shape index (κ3) is 3.64. The average molecular weight is 302 g/mol. The fourth-order valence-corrected chi connectivity index (χ4v) is 2.96. The first-order valence-corrected chi connectivity index (χ1v) is 7.86. The Kier molecular flexibility index (Phi) is 4.69. The summed E-state index contributed by atoms with van der Waals surface area (Å²) >= 11 is 1.18. The molecule has 0 spiro atoms. The molecule has 110 valence electrons. The summed E-state index contributed by atoms with van der Waals surface area (Å²) in [6.07, 6.45) is 0.514. The highest BCUT2D eigenvalue weighted by atomic mass is 32.2. The molecule has 5 heteroatoms. The number of fused-ring (bicyclic) bond motifs is 1. The number of carbonyl (C=O) groups excluding carboxylic acids is 1. The normalized spacial score (nSPS) is 14.0. The molecule has 0 aliphatic carbocycles. The molecule has 1 aromatic carbocycles. The Morgan fingerprint density at radius 2 is 2.19 bits per heavy atom. The molecule has 1 heterocycles. The van der Waals surface area contributed by atoms with Gasteiger partial charge < -0.3 is 4.42 Å². The van der Waals surface area contributed by atoms with Crippen LogP contribution >= 0.6 is 11.8 Å². The van der Waals surface area contributed by atoms with Crippen LogP contribution in [0.25, 0.3) is 11.1 Å². The Balaban J connectivity index is 2.17. The van der Waals surface area contributed by atoms with Gasteiger partial charge in [0, 0.05) is 12.2 Å². The first kappa shape index (κ1) is 15.6. The Morgan fingerprint density at radius 3 is 2.81 bits per heavy atom. The first-order chi connectivity index (χ1) is 9.94. The van der Waals surface area contributed by atoms with Crippen LogP contribution in [0.2, 0.25) is 0 Å². The van der Waals surface area contributed by atoms with E-state index in [1.807, 2.05) is 38.1 Å². The van der Waals surface area contributed by atoms with Crippen LogP contribution in [0, 0.1) is 17.2 Å². The summed E-state index contributed by atoms with van der Waals surface area (Å²) in [5.41, 5.74) is 0.482. The molecule has 1 aromatic heterocycles. The zero-order valence-electron chi connectivity index (χ0n) is 12.4. The molecule has 2 rings (SSSR count). The minimum Gasteiger partial charge on any atom is -0.439 e. The molecular weight excluding hydrogens is 284 g/mol. The van der Waals surface area contributed by atoms with E-state index in [1.54, 1.807) is 6.92 Å². The van der Waals surface area contributed by atoms with Gasteiger partial charge in [0.2, 0.25) is 5.89 Å². The van der Waals surface area contributed by atoms with Crippen molar-refractivity contribution in [1.82, 2.24) is 4.98 Å². The zero-order valence-corrected chi connectivity index (χ0v) is 13.2. The van der Waals surface area contributed by atoms with Crippen molar-refractivity contribution in [3.63, 3.8) is 0 Å². The van der Waals surface area contributed by atoms with E-state index in [0.29, 0.717) is 29.6 Å². The van der Waals surface area contributed by atoms with Crippen LogP contribution in [0.1, 0.15) is 33.1 Å². The SMILES string of the molecule is CC(C)CC(=O)SCC(C)(C#N)c1nc2ccccc2o1. The van der Waals surface area contributed by atoms with E-state index in [1.165, 1.54) is 11.8 Å². The van der Waals surface area contributed by atoms with Crippen LogP contribution < -0.4 is 0 Å². The molecule has 0 saturated carbocycles. The molecule has 4 nitrogen and oxygen atoms in total. The number of nitrogens with zero attached hydrogens (tertiary/aromatic N) is 2. The van der Waals surface area contributed by atoms with E-state index in [9.17, 15) is 10.1 Å². The third-order valence-electron chi connectivity index (χ3n) is 3.11. The lowest BCUT2D eigenvalue weighted by molar-refractivity contribution is -0.111. The van der Waals surface area contributed by atoms with Crippen molar-refractivity contribution in [1.29, 1.82) is 5.26 Å². The predicted octanol–water partition coefficient (Wildman–Crippen LogP) is 3.91. The third-order valence-corrected chi connectivity index (χ3v) is 4.32. The van der Waals surface area contributed by atoms with E-state index in [2.05, 4.69) is 11.1 Å². The van der Waals surface area contributed by atoms with Crippen molar-refractivity contribution in [2.45, 2.75) is 32.6 Å². The second kappa shape index (κ2) is 6.31. The van der Waals surface area contributed by atoms with Gasteiger partial charge in [-0.15, -0.1) is 0 Å². The molecule has 1 atom stereocenters. The fourth-order valence-electron chi connectivity index (χ4n) is 1.87. The van der Waals surface area contributed by atoms with Gasteiger partial charge >= 0.3 is 0 Å². The first-order valence-electron chi connectivity index (χ1n) is 6.87. The van der Waals surface area contributed by atoms with E-state index < -0.39 is 5.41 Å². The zero-order chi connectivity index (χ0) is 15.5. The molecule has 0 aliphatic rings. The summed E-state index contributed by atoms with van der Waals surface area (Å²) in [4.78, 5) is 16.2. The lowest BCUT2D eigenvalue weighted by Gasteiger charge is -2.16. The van der Waals surface area contributed by atoms with Gasteiger partial charge in [0.15, 0.2) is 10.7 Å². The smallest absolute Gasteiger partial charge is 0.216 e. The minimum atomic E-state index is -0.906. The van der Waals surface area contributed by atoms with Crippen LogP contribution in [-0.4, -0.2) is 15.9 Å². The second-order valence-electron chi connectivity index (χ2n) is 5.69. The van der Waals surface area contributed by atoms with Crippen molar-refractivity contribution in [3.05, 3.63) is 30.2 Å². The summed E-state index contributed by atoms with van der Waals surface area (Å²) in [7, 11) is 0. The molecule has 0 saturated heterocycles. The number of hydrogen-bond donors (Lipinski definition) is 0. The van der Waals surface area contributed by atoms with Gasteiger partial charge in [-0.3, -0.25) is 4.79 Å². The fraction of sp³-hybridized carbons (Fsp3) is 0.438. The Hall–Kier alpha value is -1.80. The van der Waals surface area contributed by atoms with Crippen molar-refractivity contribution in [3.8, 4) is 6.07 Å². The molecule has 1 unspecified atom stereocenters. The van der Waals surface area contributed by atoms with Crippen LogP contribution in [0.4, 0.5) is 0 Å². The number of carbonyl (C=O) groups is 1. The number of aromatic nitrogens is 1. The summed E-state index contributed by atoms with van der Waals surface area (Å²) in [5.74, 6) is 1.04. The van der Waals surface area contributed by atoms with E-state index in [-0.39, 0.29) is 5.12 Å². The van der Waals surface area contributed by atoms with Gasteiger partial charge in [0.25, 0.3) is 0 Å². The lowest BCUT2D eigenvalue weighted by atomic mass is 9.96. The Labute approximate surface area is 128 Å². The van der Waals surface area contributed by atoms with Gasteiger partial charge in [-0.2, -0.15) is 5.26 Å². The molecule has 0 N–H and O–H groups in total. The van der Waals surface area contributed by atoms with Crippen LogP contribution in [0.3, 0.4) is 0 Å². The summed E-state index contributed by atoms with van der Waals surface area (Å²) in [6.45, 7) is 5.76. The van der Waals surface area contributed by atoms with Gasteiger partial charge in [-0.1, -0.05) is 37.7 Å². The van der Waals surface area contributed by atoms with Crippen molar-refractivity contribution in [2.75, 3.05) is 5.75 Å². The number of oxazole rings is 1. The maximum atomic E-state index is 11.8.